The number of allylic oxidation sites excluding steroid dienone is 13. The summed E-state index contributed by atoms with van der Waals surface area (Å²) in [6.07, 6.45) is 31.7. The van der Waals surface area contributed by atoms with Crippen LogP contribution in [-0.2, 0) is 0 Å². The molecule has 0 fully saturated rings. The van der Waals surface area contributed by atoms with Crippen LogP contribution in [-0.4, -0.2) is 10.9 Å². The Kier molecular flexibility index (Phi) is 7.70. The molecule has 0 spiro atoms. The minimum atomic E-state index is 0.328. The van der Waals surface area contributed by atoms with Crippen molar-refractivity contribution >= 4 is 33.4 Å². The first-order valence-corrected chi connectivity index (χ1v) is 16.5. The Balaban J connectivity index is 1.12. The first kappa shape index (κ1) is 28.2. The van der Waals surface area contributed by atoms with Crippen LogP contribution in [0.3, 0.4) is 0 Å². The van der Waals surface area contributed by atoms with E-state index in [0.717, 1.165) is 37.1 Å². The maximum atomic E-state index is 2.61. The van der Waals surface area contributed by atoms with Crippen LogP contribution in [0.1, 0.15) is 31.2 Å². The molecule has 0 aliphatic heterocycles. The van der Waals surface area contributed by atoms with Crippen LogP contribution in [0.5, 0.6) is 0 Å². The summed E-state index contributed by atoms with van der Waals surface area (Å²) >= 11 is 0. The van der Waals surface area contributed by atoms with Crippen molar-refractivity contribution in [1.29, 1.82) is 0 Å². The molecular weight excluding hydrogens is 556 g/mol. The number of fused-ring (bicyclic) bond motifs is 2. The minimum Gasteiger partial charge on any atom is -0.338 e. The van der Waals surface area contributed by atoms with E-state index in [2.05, 4.69) is 180 Å². The van der Waals surface area contributed by atoms with Crippen molar-refractivity contribution in [1.82, 2.24) is 4.90 Å². The van der Waals surface area contributed by atoms with Crippen molar-refractivity contribution in [2.75, 3.05) is 4.90 Å². The Morgan fingerprint density at radius 2 is 1.39 bits per heavy atom. The second kappa shape index (κ2) is 12.6. The second-order valence-corrected chi connectivity index (χ2v) is 12.4. The predicted molar refractivity (Wildman–Crippen MR) is 195 cm³/mol. The van der Waals surface area contributed by atoms with Gasteiger partial charge in [0.15, 0.2) is 0 Å². The van der Waals surface area contributed by atoms with E-state index in [1.54, 1.807) is 0 Å². The Labute approximate surface area is 272 Å². The van der Waals surface area contributed by atoms with Crippen molar-refractivity contribution < 1.29 is 0 Å². The fraction of sp³-hybridized carbons (Fsp3) is 0.136. The van der Waals surface area contributed by atoms with Gasteiger partial charge in [-0.3, -0.25) is 0 Å². The Bertz CT molecular complexity index is 1990. The molecule has 4 aromatic carbocycles. The quantitative estimate of drug-likeness (QED) is 0.210. The normalized spacial score (nSPS) is 20.0. The molecule has 0 radical (unpaired) electrons. The molecule has 0 amide bonds. The van der Waals surface area contributed by atoms with Gasteiger partial charge in [-0.05, 0) is 90.3 Å². The Morgan fingerprint density at radius 1 is 0.587 bits per heavy atom. The fourth-order valence-corrected chi connectivity index (χ4v) is 7.31. The molecule has 4 aromatic rings. The lowest BCUT2D eigenvalue weighted by atomic mass is 9.85. The number of anilines is 3. The van der Waals surface area contributed by atoms with Crippen molar-refractivity contribution in [2.24, 2.45) is 5.92 Å². The van der Waals surface area contributed by atoms with E-state index < -0.39 is 0 Å². The molecule has 4 aliphatic rings. The average molecular weight is 595 g/mol. The van der Waals surface area contributed by atoms with Crippen LogP contribution in [0.2, 0.25) is 0 Å². The molecule has 0 saturated carbocycles. The highest BCUT2D eigenvalue weighted by Crippen LogP contribution is 2.41. The van der Waals surface area contributed by atoms with Gasteiger partial charge in [0, 0.05) is 34.1 Å². The van der Waals surface area contributed by atoms with E-state index in [1.165, 1.54) is 44.6 Å². The van der Waals surface area contributed by atoms with E-state index in [4.69, 9.17) is 0 Å². The number of nitrogens with zero attached hydrogens (tertiary/aromatic N) is 2. The average Bonchev–Trinajstić information content (AvgIpc) is 3.14. The zero-order chi connectivity index (χ0) is 30.7. The zero-order valence-electron chi connectivity index (χ0n) is 26.0. The molecule has 0 N–H and O–H groups in total. The predicted octanol–water partition coefficient (Wildman–Crippen LogP) is 11.5. The standard InChI is InChI=1S/C44H38N2/c1-3-17-37(18-4-1)45(43-23-11-15-35-13-7-9-21-41(35)43)39-29-25-33(26-30-39)34-27-31-40(32-28-34)46(38-19-5-2-6-20-38)44-24-12-16-36-14-8-10-22-42(36)44/h1-15,17-19,21-27,29-31,36,38H,16,20,28,32H2. The van der Waals surface area contributed by atoms with Crippen molar-refractivity contribution in [3.8, 4) is 0 Å². The van der Waals surface area contributed by atoms with Gasteiger partial charge in [-0.1, -0.05) is 127 Å². The highest BCUT2D eigenvalue weighted by atomic mass is 15.2. The van der Waals surface area contributed by atoms with Crippen LogP contribution < -0.4 is 4.90 Å². The molecule has 4 aliphatic carbocycles. The Morgan fingerprint density at radius 3 is 2.22 bits per heavy atom. The van der Waals surface area contributed by atoms with Crippen molar-refractivity contribution in [3.63, 3.8) is 0 Å². The lowest BCUT2D eigenvalue weighted by Crippen LogP contribution is -2.35. The summed E-state index contributed by atoms with van der Waals surface area (Å²) in [6.45, 7) is 0. The number of para-hydroxylation sites is 1. The zero-order valence-corrected chi connectivity index (χ0v) is 26.0. The van der Waals surface area contributed by atoms with E-state index in [-0.39, 0.29) is 0 Å². The number of benzene rings is 4. The number of hydrogen-bond acceptors (Lipinski definition) is 2. The van der Waals surface area contributed by atoms with Gasteiger partial charge in [-0.25, -0.2) is 0 Å². The summed E-state index contributed by atoms with van der Waals surface area (Å²) in [4.78, 5) is 4.98. The van der Waals surface area contributed by atoms with Gasteiger partial charge >= 0.3 is 0 Å². The van der Waals surface area contributed by atoms with Gasteiger partial charge in [-0.15, -0.1) is 0 Å². The van der Waals surface area contributed by atoms with E-state index in [1.807, 2.05) is 0 Å². The van der Waals surface area contributed by atoms with Gasteiger partial charge < -0.3 is 9.80 Å². The maximum absolute atomic E-state index is 2.61. The molecule has 224 valence electrons. The smallest absolute Gasteiger partial charge is 0.0556 e. The van der Waals surface area contributed by atoms with Gasteiger partial charge in [-0.2, -0.15) is 0 Å². The highest BCUT2D eigenvalue weighted by molar-refractivity contribution is 5.98. The highest BCUT2D eigenvalue weighted by Gasteiger charge is 2.28. The lowest BCUT2D eigenvalue weighted by Gasteiger charge is -2.39. The summed E-state index contributed by atoms with van der Waals surface area (Å²) < 4.78 is 0. The first-order valence-electron chi connectivity index (χ1n) is 16.5. The second-order valence-electron chi connectivity index (χ2n) is 12.4. The van der Waals surface area contributed by atoms with Gasteiger partial charge in [0.1, 0.15) is 0 Å². The summed E-state index contributed by atoms with van der Waals surface area (Å²) in [5, 5.41) is 2.49. The maximum Gasteiger partial charge on any atom is 0.0556 e. The molecule has 0 heterocycles. The van der Waals surface area contributed by atoms with Gasteiger partial charge in [0.05, 0.1) is 11.7 Å². The Hall–Kier alpha value is -5.34. The van der Waals surface area contributed by atoms with Crippen LogP contribution >= 0.6 is 0 Å². The fourth-order valence-electron chi connectivity index (χ4n) is 7.31. The molecule has 0 bridgehead atoms. The molecule has 46 heavy (non-hydrogen) atoms. The molecule has 8 rings (SSSR count). The van der Waals surface area contributed by atoms with E-state index >= 15 is 0 Å². The minimum absolute atomic E-state index is 0.328. The largest absolute Gasteiger partial charge is 0.338 e. The van der Waals surface area contributed by atoms with Crippen molar-refractivity contribution in [3.05, 3.63) is 193 Å². The molecule has 2 nitrogen and oxygen atoms in total. The monoisotopic (exact) mass is 594 g/mol. The van der Waals surface area contributed by atoms with Crippen LogP contribution in [0.4, 0.5) is 17.1 Å². The molecular formula is C44H38N2. The molecule has 0 saturated heterocycles. The number of hydrogen-bond donors (Lipinski definition) is 0. The molecule has 2 atom stereocenters. The van der Waals surface area contributed by atoms with Gasteiger partial charge in [0.25, 0.3) is 0 Å². The summed E-state index contributed by atoms with van der Waals surface area (Å²) in [5.74, 6) is 0.466. The molecule has 2 heteroatoms. The molecule has 2 unspecified atom stereocenters. The van der Waals surface area contributed by atoms with Gasteiger partial charge in [0.2, 0.25) is 0 Å². The van der Waals surface area contributed by atoms with Crippen LogP contribution in [0.25, 0.3) is 16.3 Å². The van der Waals surface area contributed by atoms with E-state index in [0.29, 0.717) is 12.0 Å². The van der Waals surface area contributed by atoms with Crippen molar-refractivity contribution in [2.45, 2.75) is 31.7 Å². The SMILES string of the molecule is C1=CCC(N(C2=CC=C(c3ccc(N(c4ccccc4)c4cccc5ccccc45)cc3)CC2)C2=C3C=CC=CC3CC=C2)C=C1. The third-order valence-corrected chi connectivity index (χ3v) is 9.60. The van der Waals surface area contributed by atoms with Crippen LogP contribution in [0.15, 0.2) is 187 Å². The third-order valence-electron chi connectivity index (χ3n) is 9.60. The molecule has 0 aromatic heterocycles. The summed E-state index contributed by atoms with van der Waals surface area (Å²) in [6, 6.07) is 35.4. The lowest BCUT2D eigenvalue weighted by molar-refractivity contribution is 0.352. The summed E-state index contributed by atoms with van der Waals surface area (Å²) in [5.41, 5.74) is 10.4. The topological polar surface area (TPSA) is 6.48 Å². The summed E-state index contributed by atoms with van der Waals surface area (Å²) in [7, 11) is 0. The first-order chi connectivity index (χ1) is 22.8. The van der Waals surface area contributed by atoms with E-state index in [9.17, 15) is 0 Å². The van der Waals surface area contributed by atoms with Crippen LogP contribution in [0, 0.1) is 5.92 Å². The third kappa shape index (κ3) is 5.41. The number of rotatable bonds is 7.